The van der Waals surface area contributed by atoms with Crippen molar-refractivity contribution >= 4 is 17.5 Å². The third kappa shape index (κ3) is 3.78. The van der Waals surface area contributed by atoms with Crippen LogP contribution in [0.15, 0.2) is 42.6 Å². The Morgan fingerprint density at radius 2 is 2.08 bits per heavy atom. The van der Waals surface area contributed by atoms with Crippen LogP contribution in [0.5, 0.6) is 11.5 Å². The van der Waals surface area contributed by atoms with Crippen molar-refractivity contribution in [2.24, 2.45) is 5.92 Å². The molecule has 5 nitrogen and oxygen atoms in total. The minimum absolute atomic E-state index is 0.0292. The summed E-state index contributed by atoms with van der Waals surface area (Å²) in [6.07, 6.45) is 3.95. The highest BCUT2D eigenvalue weighted by Gasteiger charge is 2.32. The monoisotopic (exact) mass is 357 g/mol. The zero-order valence-electron chi connectivity index (χ0n) is 13.8. The van der Waals surface area contributed by atoms with Crippen molar-refractivity contribution in [3.05, 3.63) is 53.3 Å². The van der Waals surface area contributed by atoms with Gasteiger partial charge in [-0.05, 0) is 61.7 Å². The van der Waals surface area contributed by atoms with Gasteiger partial charge in [-0.25, -0.2) is 4.98 Å². The molecule has 3 atom stereocenters. The first kappa shape index (κ1) is 16.4. The van der Waals surface area contributed by atoms with Gasteiger partial charge in [0.1, 0.15) is 5.75 Å². The number of nitrogens with one attached hydrogen (secondary N) is 1. The molecule has 2 aromatic rings. The Kier molecular flexibility index (Phi) is 4.59. The molecule has 2 bridgehead atoms. The molecule has 4 rings (SSSR count). The topological polar surface area (TPSA) is 54.5 Å². The summed E-state index contributed by atoms with van der Waals surface area (Å²) in [5.41, 5.74) is 0.637. The fourth-order valence-corrected chi connectivity index (χ4v) is 3.84. The average Bonchev–Trinajstić information content (AvgIpc) is 2.96. The number of amides is 1. The molecule has 2 aliphatic heterocycles. The van der Waals surface area contributed by atoms with E-state index in [1.165, 1.54) is 19.5 Å². The van der Waals surface area contributed by atoms with Gasteiger partial charge in [0, 0.05) is 30.9 Å². The Bertz CT molecular complexity index is 754. The second-order valence-electron chi connectivity index (χ2n) is 6.74. The number of ether oxygens (including phenoxy) is 1. The van der Waals surface area contributed by atoms with Gasteiger partial charge in [0.25, 0.3) is 5.91 Å². The van der Waals surface area contributed by atoms with E-state index in [0.717, 1.165) is 18.9 Å². The molecule has 3 heterocycles. The van der Waals surface area contributed by atoms with E-state index < -0.39 is 0 Å². The highest BCUT2D eigenvalue weighted by atomic mass is 35.5. The molecular weight excluding hydrogens is 338 g/mol. The first-order chi connectivity index (χ1) is 12.2. The number of aromatic nitrogens is 1. The molecule has 2 aliphatic rings. The van der Waals surface area contributed by atoms with Crippen LogP contribution in [-0.2, 0) is 0 Å². The van der Waals surface area contributed by atoms with Crippen LogP contribution >= 0.6 is 11.6 Å². The summed E-state index contributed by atoms with van der Waals surface area (Å²) >= 11 is 5.99. The van der Waals surface area contributed by atoms with Crippen molar-refractivity contribution in [3.63, 3.8) is 0 Å². The SMILES string of the molecule is O=C(N[C@@H]1C[C@H]2CCN(C2)C1)c1ccc(Oc2cccnc2Cl)cc1. The van der Waals surface area contributed by atoms with Crippen LogP contribution < -0.4 is 10.1 Å². The van der Waals surface area contributed by atoms with E-state index in [1.54, 1.807) is 42.6 Å². The van der Waals surface area contributed by atoms with Crippen molar-refractivity contribution in [1.29, 1.82) is 0 Å². The lowest BCUT2D eigenvalue weighted by Crippen LogP contribution is -2.46. The maximum Gasteiger partial charge on any atom is 0.251 e. The number of hydrogen-bond donors (Lipinski definition) is 1. The number of carbonyl (C=O) groups excluding carboxylic acids is 1. The number of benzene rings is 1. The minimum atomic E-state index is -0.0292. The zero-order valence-corrected chi connectivity index (χ0v) is 14.6. The lowest BCUT2D eigenvalue weighted by molar-refractivity contribution is 0.0909. The van der Waals surface area contributed by atoms with Gasteiger partial charge in [0.2, 0.25) is 0 Å². The van der Waals surface area contributed by atoms with Crippen LogP contribution in [0.1, 0.15) is 23.2 Å². The first-order valence-electron chi connectivity index (χ1n) is 8.59. The Hall–Kier alpha value is -2.11. The standard InChI is InChI=1S/C19H20ClN3O2/c20-18-17(2-1-8-21-18)25-16-5-3-14(4-6-16)19(24)22-15-10-13-7-9-23(11-13)12-15/h1-6,8,13,15H,7,9-12H2,(H,22,24)/t13-,15-/m1/s1. The summed E-state index contributed by atoms with van der Waals surface area (Å²) in [5.74, 6) is 1.82. The largest absolute Gasteiger partial charge is 0.454 e. The third-order valence-electron chi connectivity index (χ3n) is 4.87. The van der Waals surface area contributed by atoms with Gasteiger partial charge >= 0.3 is 0 Å². The summed E-state index contributed by atoms with van der Waals surface area (Å²) in [7, 11) is 0. The van der Waals surface area contributed by atoms with Gasteiger partial charge in [-0.15, -0.1) is 0 Å². The number of rotatable bonds is 4. The number of pyridine rings is 1. The van der Waals surface area contributed by atoms with Crippen LogP contribution in [0.4, 0.5) is 0 Å². The Morgan fingerprint density at radius 3 is 2.84 bits per heavy atom. The molecule has 6 heteroatoms. The molecule has 2 fully saturated rings. The van der Waals surface area contributed by atoms with Gasteiger partial charge in [-0.1, -0.05) is 11.6 Å². The van der Waals surface area contributed by atoms with Crippen molar-refractivity contribution in [2.45, 2.75) is 18.9 Å². The summed E-state index contributed by atoms with van der Waals surface area (Å²) in [4.78, 5) is 18.9. The molecule has 0 aliphatic carbocycles. The van der Waals surface area contributed by atoms with Crippen LogP contribution in [0.3, 0.4) is 0 Å². The van der Waals surface area contributed by atoms with E-state index in [0.29, 0.717) is 22.2 Å². The molecule has 1 amide bonds. The highest BCUT2D eigenvalue weighted by Crippen LogP contribution is 2.28. The number of hydrogen-bond acceptors (Lipinski definition) is 4. The Morgan fingerprint density at radius 1 is 1.24 bits per heavy atom. The maximum absolute atomic E-state index is 12.5. The van der Waals surface area contributed by atoms with Crippen LogP contribution in [0, 0.1) is 5.92 Å². The van der Waals surface area contributed by atoms with Crippen LogP contribution in [0.2, 0.25) is 5.15 Å². The number of fused-ring (bicyclic) bond motifs is 2. The maximum atomic E-state index is 12.5. The predicted octanol–water partition coefficient (Wildman–Crippen LogP) is 3.35. The molecular formula is C19H20ClN3O2. The molecule has 1 unspecified atom stereocenters. The van der Waals surface area contributed by atoms with Crippen molar-refractivity contribution in [1.82, 2.24) is 15.2 Å². The Labute approximate surface area is 152 Å². The second-order valence-corrected chi connectivity index (χ2v) is 7.10. The minimum Gasteiger partial charge on any atom is -0.454 e. The van der Waals surface area contributed by atoms with E-state index in [1.807, 2.05) is 0 Å². The first-order valence-corrected chi connectivity index (χ1v) is 8.97. The fraction of sp³-hybridized carbons (Fsp3) is 0.368. The Balaban J connectivity index is 1.38. The third-order valence-corrected chi connectivity index (χ3v) is 5.15. The molecule has 2 saturated heterocycles. The number of piperidine rings is 1. The van der Waals surface area contributed by atoms with Crippen LogP contribution in [-0.4, -0.2) is 41.5 Å². The lowest BCUT2D eigenvalue weighted by atomic mass is 9.96. The molecule has 0 radical (unpaired) electrons. The molecule has 1 aromatic heterocycles. The predicted molar refractivity (Wildman–Crippen MR) is 96.2 cm³/mol. The van der Waals surface area contributed by atoms with E-state index in [9.17, 15) is 4.79 Å². The van der Waals surface area contributed by atoms with E-state index >= 15 is 0 Å². The lowest BCUT2D eigenvalue weighted by Gasteiger charge is -2.30. The van der Waals surface area contributed by atoms with Crippen molar-refractivity contribution in [3.8, 4) is 11.5 Å². The molecule has 0 saturated carbocycles. The summed E-state index contributed by atoms with van der Waals surface area (Å²) in [6, 6.07) is 10.8. The van der Waals surface area contributed by atoms with Gasteiger partial charge in [0.15, 0.2) is 10.9 Å². The van der Waals surface area contributed by atoms with Crippen molar-refractivity contribution in [2.75, 3.05) is 19.6 Å². The number of carbonyl (C=O) groups is 1. The fourth-order valence-electron chi connectivity index (χ4n) is 3.68. The molecule has 0 spiro atoms. The summed E-state index contributed by atoms with van der Waals surface area (Å²) < 4.78 is 5.70. The van der Waals surface area contributed by atoms with Gasteiger partial charge in [-0.3, -0.25) is 4.79 Å². The van der Waals surface area contributed by atoms with E-state index in [2.05, 4.69) is 15.2 Å². The van der Waals surface area contributed by atoms with Gasteiger partial charge in [-0.2, -0.15) is 0 Å². The normalized spacial score (nSPS) is 24.8. The highest BCUT2D eigenvalue weighted by molar-refractivity contribution is 6.30. The van der Waals surface area contributed by atoms with Gasteiger partial charge in [0.05, 0.1) is 0 Å². The van der Waals surface area contributed by atoms with E-state index in [-0.39, 0.29) is 11.9 Å². The molecule has 1 N–H and O–H groups in total. The summed E-state index contributed by atoms with van der Waals surface area (Å²) in [5, 5.41) is 3.47. The molecule has 130 valence electrons. The molecule has 1 aromatic carbocycles. The average molecular weight is 358 g/mol. The van der Waals surface area contributed by atoms with Crippen LogP contribution in [0.25, 0.3) is 0 Å². The second kappa shape index (κ2) is 7.02. The quantitative estimate of drug-likeness (QED) is 0.852. The van der Waals surface area contributed by atoms with Crippen molar-refractivity contribution < 1.29 is 9.53 Å². The zero-order chi connectivity index (χ0) is 17.2. The molecule has 25 heavy (non-hydrogen) atoms. The number of nitrogens with zero attached hydrogens (tertiary/aromatic N) is 2. The summed E-state index contributed by atoms with van der Waals surface area (Å²) in [6.45, 7) is 3.32. The van der Waals surface area contributed by atoms with E-state index in [4.69, 9.17) is 16.3 Å². The number of halogens is 1. The van der Waals surface area contributed by atoms with Gasteiger partial charge < -0.3 is 15.0 Å². The smallest absolute Gasteiger partial charge is 0.251 e.